The van der Waals surface area contributed by atoms with Crippen molar-refractivity contribution in [1.82, 2.24) is 14.4 Å². The number of rotatable bonds is 6. The van der Waals surface area contributed by atoms with Crippen molar-refractivity contribution in [2.24, 2.45) is 0 Å². The molecule has 4 aromatic rings. The van der Waals surface area contributed by atoms with Crippen molar-refractivity contribution < 1.29 is 14.3 Å². The maximum Gasteiger partial charge on any atom is 0.255 e. The SMILES string of the molecule is COc1ccc(-n2c(-c3ccc(Cl)cc3)cc(C(=O)N3CCN(C(=O)Cc4ccccc4)CC3)c2C)cc1. The highest BCUT2D eigenvalue weighted by Gasteiger charge is 2.28. The van der Waals surface area contributed by atoms with Gasteiger partial charge in [0, 0.05) is 42.6 Å². The first kappa shape index (κ1) is 25.6. The Morgan fingerprint density at radius 1 is 0.842 bits per heavy atom. The molecule has 0 N–H and O–H groups in total. The van der Waals surface area contributed by atoms with Crippen LogP contribution in [-0.4, -0.2) is 59.5 Å². The summed E-state index contributed by atoms with van der Waals surface area (Å²) in [4.78, 5) is 30.2. The van der Waals surface area contributed by atoms with E-state index in [-0.39, 0.29) is 11.8 Å². The summed E-state index contributed by atoms with van der Waals surface area (Å²) in [6.07, 6.45) is 0.378. The van der Waals surface area contributed by atoms with Gasteiger partial charge >= 0.3 is 0 Å². The van der Waals surface area contributed by atoms with E-state index >= 15 is 0 Å². The third-order valence-electron chi connectivity index (χ3n) is 7.07. The summed E-state index contributed by atoms with van der Waals surface area (Å²) in [5.41, 5.74) is 5.31. The zero-order valence-electron chi connectivity index (χ0n) is 21.6. The Morgan fingerprint density at radius 3 is 2.11 bits per heavy atom. The maximum absolute atomic E-state index is 13.7. The second-order valence-corrected chi connectivity index (χ2v) is 9.84. The van der Waals surface area contributed by atoms with E-state index in [9.17, 15) is 9.59 Å². The Hall–Kier alpha value is -4.03. The molecule has 0 saturated carbocycles. The summed E-state index contributed by atoms with van der Waals surface area (Å²) in [6.45, 7) is 4.03. The smallest absolute Gasteiger partial charge is 0.255 e. The van der Waals surface area contributed by atoms with Crippen LogP contribution < -0.4 is 4.74 Å². The molecule has 1 saturated heterocycles. The lowest BCUT2D eigenvalue weighted by atomic mass is 10.1. The van der Waals surface area contributed by atoms with Gasteiger partial charge in [-0.3, -0.25) is 9.59 Å². The standard InChI is InChI=1S/C31H30ClN3O3/c1-22-28(31(37)34-18-16-33(17-19-34)30(36)20-23-6-4-3-5-7-23)21-29(24-8-10-25(32)11-9-24)35(22)26-12-14-27(38-2)15-13-26/h3-15,21H,16-20H2,1-2H3. The molecule has 0 radical (unpaired) electrons. The van der Waals surface area contributed by atoms with Crippen molar-refractivity contribution >= 4 is 23.4 Å². The number of aromatic nitrogens is 1. The van der Waals surface area contributed by atoms with Crippen LogP contribution in [0.1, 0.15) is 21.6 Å². The summed E-state index contributed by atoms with van der Waals surface area (Å²) in [7, 11) is 1.64. The molecule has 7 heteroatoms. The predicted molar refractivity (Wildman–Crippen MR) is 150 cm³/mol. The summed E-state index contributed by atoms with van der Waals surface area (Å²) >= 11 is 6.15. The zero-order valence-corrected chi connectivity index (χ0v) is 22.3. The van der Waals surface area contributed by atoms with Crippen molar-refractivity contribution in [3.63, 3.8) is 0 Å². The number of methoxy groups -OCH3 is 1. The van der Waals surface area contributed by atoms with Crippen LogP contribution in [-0.2, 0) is 11.2 Å². The Labute approximate surface area is 228 Å². The van der Waals surface area contributed by atoms with E-state index in [2.05, 4.69) is 4.57 Å². The molecule has 2 heterocycles. The normalized spacial score (nSPS) is 13.4. The third kappa shape index (κ3) is 5.31. The van der Waals surface area contributed by atoms with Crippen LogP contribution in [0, 0.1) is 6.92 Å². The number of carbonyl (C=O) groups excluding carboxylic acids is 2. The first-order valence-electron chi connectivity index (χ1n) is 12.7. The highest BCUT2D eigenvalue weighted by molar-refractivity contribution is 6.30. The minimum absolute atomic E-state index is 0.0277. The van der Waals surface area contributed by atoms with Gasteiger partial charge in [-0.2, -0.15) is 0 Å². The molecule has 38 heavy (non-hydrogen) atoms. The van der Waals surface area contributed by atoms with Gasteiger partial charge in [-0.1, -0.05) is 54.1 Å². The van der Waals surface area contributed by atoms with Crippen LogP contribution in [0.4, 0.5) is 0 Å². The molecule has 0 unspecified atom stereocenters. The summed E-state index contributed by atoms with van der Waals surface area (Å²) in [5.74, 6) is 0.831. The third-order valence-corrected chi connectivity index (χ3v) is 7.32. The number of hydrogen-bond donors (Lipinski definition) is 0. The number of nitrogens with zero attached hydrogens (tertiary/aromatic N) is 3. The number of ether oxygens (including phenoxy) is 1. The van der Waals surface area contributed by atoms with E-state index in [1.165, 1.54) is 0 Å². The highest BCUT2D eigenvalue weighted by atomic mass is 35.5. The number of piperazine rings is 1. The van der Waals surface area contributed by atoms with Gasteiger partial charge in [0.05, 0.1) is 24.8 Å². The topological polar surface area (TPSA) is 54.8 Å². The molecule has 0 aliphatic carbocycles. The predicted octanol–water partition coefficient (Wildman–Crippen LogP) is 5.64. The Kier molecular flexibility index (Phi) is 7.52. The molecule has 1 aliphatic heterocycles. The fraction of sp³-hybridized carbons (Fsp3) is 0.226. The second-order valence-electron chi connectivity index (χ2n) is 9.40. The summed E-state index contributed by atoms with van der Waals surface area (Å²) < 4.78 is 7.42. The molecule has 1 fully saturated rings. The highest BCUT2D eigenvalue weighted by Crippen LogP contribution is 2.32. The fourth-order valence-corrected chi connectivity index (χ4v) is 5.06. The van der Waals surface area contributed by atoms with E-state index in [1.54, 1.807) is 7.11 Å². The van der Waals surface area contributed by atoms with Crippen molar-refractivity contribution in [3.8, 4) is 22.7 Å². The lowest BCUT2D eigenvalue weighted by Gasteiger charge is -2.35. The summed E-state index contributed by atoms with van der Waals surface area (Å²) in [5, 5.41) is 0.656. The van der Waals surface area contributed by atoms with E-state index in [0.717, 1.165) is 34.0 Å². The van der Waals surface area contributed by atoms with Gasteiger partial charge in [0.15, 0.2) is 0 Å². The van der Waals surface area contributed by atoms with Crippen LogP contribution in [0.2, 0.25) is 5.02 Å². The van der Waals surface area contributed by atoms with Gasteiger partial charge in [-0.05, 0) is 60.5 Å². The number of hydrogen-bond acceptors (Lipinski definition) is 3. The van der Waals surface area contributed by atoms with Gasteiger partial charge in [0.1, 0.15) is 5.75 Å². The zero-order chi connectivity index (χ0) is 26.6. The number of carbonyl (C=O) groups is 2. The van der Waals surface area contributed by atoms with E-state index in [0.29, 0.717) is 43.2 Å². The average Bonchev–Trinajstić information content (AvgIpc) is 3.30. The average molecular weight is 528 g/mol. The van der Waals surface area contributed by atoms with Crippen LogP contribution in [0.5, 0.6) is 5.75 Å². The Balaban J connectivity index is 1.38. The van der Waals surface area contributed by atoms with Crippen LogP contribution in [0.15, 0.2) is 84.9 Å². The van der Waals surface area contributed by atoms with Gasteiger partial charge < -0.3 is 19.1 Å². The van der Waals surface area contributed by atoms with Crippen molar-refractivity contribution in [2.75, 3.05) is 33.3 Å². The molecule has 194 valence electrons. The molecular formula is C31H30ClN3O3. The van der Waals surface area contributed by atoms with E-state index < -0.39 is 0 Å². The molecule has 0 bridgehead atoms. The van der Waals surface area contributed by atoms with Crippen LogP contribution >= 0.6 is 11.6 Å². The fourth-order valence-electron chi connectivity index (χ4n) is 4.93. The number of halogens is 1. The lowest BCUT2D eigenvalue weighted by Crippen LogP contribution is -2.51. The van der Waals surface area contributed by atoms with Crippen molar-refractivity contribution in [3.05, 3.63) is 107 Å². The van der Waals surface area contributed by atoms with Gasteiger partial charge in [-0.25, -0.2) is 0 Å². The van der Waals surface area contributed by atoms with Gasteiger partial charge in [0.2, 0.25) is 5.91 Å². The largest absolute Gasteiger partial charge is 0.497 e. The van der Waals surface area contributed by atoms with Gasteiger partial charge in [-0.15, -0.1) is 0 Å². The Bertz CT molecular complexity index is 1420. The molecule has 1 aliphatic rings. The number of amides is 2. The second kappa shape index (κ2) is 11.2. The molecule has 2 amide bonds. The van der Waals surface area contributed by atoms with Crippen molar-refractivity contribution in [1.29, 1.82) is 0 Å². The first-order valence-corrected chi connectivity index (χ1v) is 13.1. The molecule has 0 atom stereocenters. The molecule has 3 aromatic carbocycles. The molecule has 1 aromatic heterocycles. The number of benzene rings is 3. The quantitative estimate of drug-likeness (QED) is 0.326. The monoisotopic (exact) mass is 527 g/mol. The minimum atomic E-state index is -0.0277. The first-order chi connectivity index (χ1) is 18.4. The van der Waals surface area contributed by atoms with Crippen LogP contribution in [0.25, 0.3) is 16.9 Å². The van der Waals surface area contributed by atoms with Crippen molar-refractivity contribution in [2.45, 2.75) is 13.3 Å². The molecular weight excluding hydrogens is 498 g/mol. The maximum atomic E-state index is 13.7. The minimum Gasteiger partial charge on any atom is -0.497 e. The molecule has 0 spiro atoms. The molecule has 5 rings (SSSR count). The van der Waals surface area contributed by atoms with Gasteiger partial charge in [0.25, 0.3) is 5.91 Å². The Morgan fingerprint density at radius 2 is 1.47 bits per heavy atom. The summed E-state index contributed by atoms with van der Waals surface area (Å²) in [6, 6.07) is 27.1. The lowest BCUT2D eigenvalue weighted by molar-refractivity contribution is -0.131. The van der Waals surface area contributed by atoms with E-state index in [1.807, 2.05) is 102 Å². The van der Waals surface area contributed by atoms with Crippen LogP contribution in [0.3, 0.4) is 0 Å². The van der Waals surface area contributed by atoms with E-state index in [4.69, 9.17) is 16.3 Å². The molecule has 6 nitrogen and oxygen atoms in total.